The molecule has 0 atom stereocenters. The van der Waals surface area contributed by atoms with E-state index in [4.69, 9.17) is 5.73 Å². The molecule has 0 radical (unpaired) electrons. The van der Waals surface area contributed by atoms with Crippen LogP contribution in [0.25, 0.3) is 11.3 Å². The van der Waals surface area contributed by atoms with Crippen molar-refractivity contribution in [3.05, 3.63) is 77.5 Å². The first-order valence-corrected chi connectivity index (χ1v) is 11.9. The molecule has 2 heterocycles. The molecule has 3 N–H and O–H groups in total. The molecule has 186 valence electrons. The lowest BCUT2D eigenvalue weighted by molar-refractivity contribution is -0.137. The van der Waals surface area contributed by atoms with Gasteiger partial charge in [0.25, 0.3) is 5.91 Å². The Morgan fingerprint density at radius 3 is 2.49 bits per heavy atom. The average Bonchev–Trinajstić information content (AvgIpc) is 2.89. The summed E-state index contributed by atoms with van der Waals surface area (Å²) < 4.78 is 38.7. The van der Waals surface area contributed by atoms with Gasteiger partial charge in [0.1, 0.15) is 0 Å². The van der Waals surface area contributed by atoms with E-state index in [0.717, 1.165) is 49.3 Å². The number of benzene rings is 2. The van der Waals surface area contributed by atoms with Crippen LogP contribution in [0.5, 0.6) is 0 Å². The molecular formula is C27H31F3N4O. The lowest BCUT2D eigenvalue weighted by Gasteiger charge is -2.29. The van der Waals surface area contributed by atoms with E-state index in [1.807, 2.05) is 32.0 Å². The van der Waals surface area contributed by atoms with Crippen molar-refractivity contribution in [3.63, 3.8) is 0 Å². The van der Waals surface area contributed by atoms with Gasteiger partial charge in [0.15, 0.2) is 0 Å². The lowest BCUT2D eigenvalue weighted by Crippen LogP contribution is -2.29. The van der Waals surface area contributed by atoms with E-state index in [-0.39, 0.29) is 6.54 Å². The molecule has 1 fully saturated rings. The van der Waals surface area contributed by atoms with E-state index in [1.54, 1.807) is 18.2 Å². The quantitative estimate of drug-likeness (QED) is 0.417. The number of rotatable bonds is 5. The lowest BCUT2D eigenvalue weighted by atomic mass is 10.0. The molecular weight excluding hydrogens is 453 g/mol. The zero-order chi connectivity index (χ0) is 25.4. The number of hydrogen-bond acceptors (Lipinski definition) is 4. The summed E-state index contributed by atoms with van der Waals surface area (Å²) in [7, 11) is 0. The number of pyridine rings is 1. The maximum atomic E-state index is 12.9. The van der Waals surface area contributed by atoms with E-state index in [0.29, 0.717) is 22.5 Å². The molecule has 1 saturated heterocycles. The number of aromatic nitrogens is 1. The first-order chi connectivity index (χ1) is 16.8. The number of nitrogens with one attached hydrogen (secondary N) is 1. The third-order valence-corrected chi connectivity index (χ3v) is 5.76. The number of piperidine rings is 1. The number of hydrogen-bond donors (Lipinski definition) is 2. The van der Waals surface area contributed by atoms with Crippen LogP contribution in [0.4, 0.5) is 24.5 Å². The van der Waals surface area contributed by atoms with Crippen LogP contribution in [0.15, 0.2) is 60.8 Å². The van der Waals surface area contributed by atoms with Gasteiger partial charge in [-0.1, -0.05) is 26.0 Å². The smallest absolute Gasteiger partial charge is 0.398 e. The van der Waals surface area contributed by atoms with Crippen molar-refractivity contribution in [3.8, 4) is 11.3 Å². The fourth-order valence-electron chi connectivity index (χ4n) is 3.98. The molecule has 1 aliphatic heterocycles. The van der Waals surface area contributed by atoms with Gasteiger partial charge in [0, 0.05) is 48.3 Å². The van der Waals surface area contributed by atoms with Gasteiger partial charge in [0.2, 0.25) is 0 Å². The fraction of sp³-hybridized carbons (Fsp3) is 0.333. The Morgan fingerprint density at radius 2 is 1.77 bits per heavy atom. The first-order valence-electron chi connectivity index (χ1n) is 11.9. The molecule has 0 saturated carbocycles. The second-order valence-electron chi connectivity index (χ2n) is 8.13. The Bertz CT molecular complexity index is 1140. The molecule has 0 unspecified atom stereocenters. The SMILES string of the molecule is CC.Nc1ccc(N2CCCCC2)cc1-c1cc(C(=O)NCc2cccc(C(F)(F)F)c2)ccn1. The molecule has 0 spiro atoms. The number of nitrogens with two attached hydrogens (primary N) is 1. The summed E-state index contributed by atoms with van der Waals surface area (Å²) in [6.07, 6.45) is 0.640. The highest BCUT2D eigenvalue weighted by atomic mass is 19.4. The van der Waals surface area contributed by atoms with Crippen molar-refractivity contribution in [2.24, 2.45) is 0 Å². The largest absolute Gasteiger partial charge is 0.416 e. The van der Waals surface area contributed by atoms with Crippen LogP contribution in [0.3, 0.4) is 0 Å². The van der Waals surface area contributed by atoms with Crippen molar-refractivity contribution in [1.29, 1.82) is 0 Å². The number of amides is 1. The van der Waals surface area contributed by atoms with Crippen molar-refractivity contribution in [2.75, 3.05) is 23.7 Å². The number of alkyl halides is 3. The summed E-state index contributed by atoms with van der Waals surface area (Å²) in [5.74, 6) is -0.401. The van der Waals surface area contributed by atoms with Crippen LogP contribution in [0.2, 0.25) is 0 Å². The minimum absolute atomic E-state index is 0.0208. The van der Waals surface area contributed by atoms with Gasteiger partial charge in [-0.25, -0.2) is 0 Å². The van der Waals surface area contributed by atoms with Gasteiger partial charge >= 0.3 is 6.18 Å². The Kier molecular flexibility index (Phi) is 8.73. The van der Waals surface area contributed by atoms with E-state index in [9.17, 15) is 18.0 Å². The highest BCUT2D eigenvalue weighted by Gasteiger charge is 2.30. The molecule has 2 aromatic carbocycles. The predicted octanol–water partition coefficient (Wildman–Crippen LogP) is 6.30. The first kappa shape index (κ1) is 26.1. The third kappa shape index (κ3) is 6.74. The van der Waals surface area contributed by atoms with Gasteiger partial charge in [-0.05, 0) is 67.3 Å². The number of carbonyl (C=O) groups is 1. The summed E-state index contributed by atoms with van der Waals surface area (Å²) in [5, 5.41) is 2.68. The van der Waals surface area contributed by atoms with E-state index in [2.05, 4.69) is 15.2 Å². The summed E-state index contributed by atoms with van der Waals surface area (Å²) in [4.78, 5) is 19.4. The van der Waals surface area contributed by atoms with Crippen LogP contribution >= 0.6 is 0 Å². The van der Waals surface area contributed by atoms with E-state index in [1.165, 1.54) is 18.7 Å². The molecule has 3 aromatic rings. The Labute approximate surface area is 204 Å². The minimum Gasteiger partial charge on any atom is -0.398 e. The zero-order valence-electron chi connectivity index (χ0n) is 20.0. The molecule has 35 heavy (non-hydrogen) atoms. The molecule has 8 heteroatoms. The van der Waals surface area contributed by atoms with Crippen molar-refractivity contribution in [1.82, 2.24) is 10.3 Å². The maximum Gasteiger partial charge on any atom is 0.416 e. The number of carbonyl (C=O) groups excluding carboxylic acids is 1. The van der Waals surface area contributed by atoms with Gasteiger partial charge < -0.3 is 16.0 Å². The third-order valence-electron chi connectivity index (χ3n) is 5.76. The molecule has 1 aromatic heterocycles. The van der Waals surface area contributed by atoms with Crippen molar-refractivity contribution >= 4 is 17.3 Å². The fourth-order valence-corrected chi connectivity index (χ4v) is 3.98. The number of anilines is 2. The number of nitrogen functional groups attached to an aromatic ring is 1. The number of halogens is 3. The average molecular weight is 485 g/mol. The summed E-state index contributed by atoms with van der Waals surface area (Å²) in [6.45, 7) is 5.97. The van der Waals surface area contributed by atoms with E-state index < -0.39 is 17.6 Å². The molecule has 0 aliphatic carbocycles. The van der Waals surface area contributed by atoms with Gasteiger partial charge in [-0.15, -0.1) is 0 Å². The Balaban J connectivity index is 0.00000167. The second kappa shape index (κ2) is 11.7. The second-order valence-corrected chi connectivity index (χ2v) is 8.13. The zero-order valence-corrected chi connectivity index (χ0v) is 20.0. The monoisotopic (exact) mass is 484 g/mol. The molecule has 0 bridgehead atoms. The van der Waals surface area contributed by atoms with Crippen LogP contribution in [-0.2, 0) is 12.7 Å². The minimum atomic E-state index is -4.43. The Morgan fingerprint density at radius 1 is 1.03 bits per heavy atom. The normalized spacial score (nSPS) is 13.6. The van der Waals surface area contributed by atoms with Crippen molar-refractivity contribution < 1.29 is 18.0 Å². The van der Waals surface area contributed by atoms with Crippen LogP contribution < -0.4 is 16.0 Å². The summed E-state index contributed by atoms with van der Waals surface area (Å²) in [5.41, 5.74) is 9.13. The molecule has 1 aliphatic rings. The van der Waals surface area contributed by atoms with Crippen LogP contribution in [0, 0.1) is 0 Å². The predicted molar refractivity (Wildman–Crippen MR) is 134 cm³/mol. The van der Waals surface area contributed by atoms with E-state index >= 15 is 0 Å². The van der Waals surface area contributed by atoms with Gasteiger partial charge in [-0.2, -0.15) is 13.2 Å². The maximum absolute atomic E-state index is 12.9. The topological polar surface area (TPSA) is 71.2 Å². The molecule has 5 nitrogen and oxygen atoms in total. The van der Waals surface area contributed by atoms with Gasteiger partial charge in [-0.3, -0.25) is 9.78 Å². The van der Waals surface area contributed by atoms with Crippen LogP contribution in [0.1, 0.15) is 54.6 Å². The number of nitrogens with zero attached hydrogens (tertiary/aromatic N) is 2. The molecule has 1 amide bonds. The highest BCUT2D eigenvalue weighted by Crippen LogP contribution is 2.31. The standard InChI is InChI=1S/C25H25F3N4O.C2H6/c26-25(27,28)19-6-4-5-17(13-19)16-31-24(33)18-9-10-30-23(14-18)21-15-20(7-8-22(21)29)32-11-2-1-3-12-32;1-2/h4-10,13-15H,1-3,11-12,16,29H2,(H,31,33);1-2H3. The summed E-state index contributed by atoms with van der Waals surface area (Å²) >= 11 is 0. The summed E-state index contributed by atoms with van der Waals surface area (Å²) in [6, 6.07) is 14.0. The van der Waals surface area contributed by atoms with Gasteiger partial charge in [0.05, 0.1) is 11.3 Å². The highest BCUT2D eigenvalue weighted by molar-refractivity contribution is 5.95. The van der Waals surface area contributed by atoms with Crippen molar-refractivity contribution in [2.45, 2.75) is 45.8 Å². The van der Waals surface area contributed by atoms with Crippen LogP contribution in [-0.4, -0.2) is 24.0 Å². The Hall–Kier alpha value is -3.55. The molecule has 4 rings (SSSR count).